The van der Waals surface area contributed by atoms with Gasteiger partial charge in [0.15, 0.2) is 0 Å². The van der Waals surface area contributed by atoms with Crippen LogP contribution >= 0.6 is 0 Å². The summed E-state index contributed by atoms with van der Waals surface area (Å²) in [6.07, 6.45) is 7.74. The molecule has 0 fully saturated rings. The van der Waals surface area contributed by atoms with Crippen LogP contribution in [0.4, 0.5) is 0 Å². The van der Waals surface area contributed by atoms with E-state index in [9.17, 15) is 0 Å². The maximum absolute atomic E-state index is 4.02. The first-order valence-corrected chi connectivity index (χ1v) is 5.43. The molecule has 1 nitrogen and oxygen atoms in total. The van der Waals surface area contributed by atoms with Gasteiger partial charge in [-0.05, 0) is 29.7 Å². The van der Waals surface area contributed by atoms with Crippen LogP contribution < -0.4 is 15.8 Å². The van der Waals surface area contributed by atoms with Crippen LogP contribution in [0, 0.1) is 12.8 Å². The van der Waals surface area contributed by atoms with Crippen LogP contribution in [0.3, 0.4) is 0 Å². The van der Waals surface area contributed by atoms with Crippen molar-refractivity contribution in [3.63, 3.8) is 0 Å². The Labute approximate surface area is 90.8 Å². The first kappa shape index (κ1) is 10.0. The predicted molar refractivity (Wildman–Crippen MR) is 65.7 cm³/mol. The highest BCUT2D eigenvalue weighted by atomic mass is 14.8. The Bertz CT molecular complexity index is 465. The number of allylic oxidation sites excluding steroid dienone is 2. The zero-order chi connectivity index (χ0) is 10.7. The topological polar surface area (TPSA) is 12.0 Å². The van der Waals surface area contributed by atoms with Gasteiger partial charge >= 0.3 is 0 Å². The second kappa shape index (κ2) is 4.35. The summed E-state index contributed by atoms with van der Waals surface area (Å²) in [6.45, 7) is 7.14. The standard InChI is InChI=1S/C14H17N/c1-11-3-6-14(12(2)9-11)10-15-8-7-13-4-5-13/h3-6,9-10,13,15H,2,7-8H2,1H3/b14-10-. The van der Waals surface area contributed by atoms with Gasteiger partial charge in [-0.2, -0.15) is 0 Å². The molecule has 78 valence electrons. The van der Waals surface area contributed by atoms with Crippen molar-refractivity contribution in [2.75, 3.05) is 6.54 Å². The summed E-state index contributed by atoms with van der Waals surface area (Å²) < 4.78 is 0. The van der Waals surface area contributed by atoms with Crippen molar-refractivity contribution in [2.45, 2.75) is 13.3 Å². The van der Waals surface area contributed by atoms with Gasteiger partial charge in [0.1, 0.15) is 0 Å². The highest BCUT2D eigenvalue weighted by molar-refractivity contribution is 5.28. The van der Waals surface area contributed by atoms with Gasteiger partial charge in [0.05, 0.1) is 0 Å². The smallest absolute Gasteiger partial charge is 0.0150 e. The molecule has 0 atom stereocenters. The van der Waals surface area contributed by atoms with Crippen LogP contribution in [-0.2, 0) is 0 Å². The molecule has 1 heteroatoms. The molecular formula is C14H17N. The number of hydrogen-bond acceptors (Lipinski definition) is 1. The minimum absolute atomic E-state index is 0.753. The average molecular weight is 199 g/mol. The third kappa shape index (κ3) is 2.98. The van der Waals surface area contributed by atoms with Gasteiger partial charge in [-0.15, -0.1) is 0 Å². The van der Waals surface area contributed by atoms with Gasteiger partial charge in [-0.25, -0.2) is 0 Å². The summed E-state index contributed by atoms with van der Waals surface area (Å²) >= 11 is 0. The van der Waals surface area contributed by atoms with E-state index in [1.807, 2.05) is 0 Å². The van der Waals surface area contributed by atoms with E-state index < -0.39 is 0 Å². The fraction of sp³-hybridized carbons (Fsp3) is 0.286. The Kier molecular flexibility index (Phi) is 2.91. The van der Waals surface area contributed by atoms with E-state index in [0.29, 0.717) is 0 Å². The highest BCUT2D eigenvalue weighted by Gasteiger charge is 2.08. The zero-order valence-electron chi connectivity index (χ0n) is 9.16. The van der Waals surface area contributed by atoms with E-state index in [2.05, 4.69) is 55.4 Å². The molecule has 0 saturated heterocycles. The molecule has 1 aliphatic carbocycles. The van der Waals surface area contributed by atoms with Crippen LogP contribution in [0.25, 0.3) is 12.8 Å². The van der Waals surface area contributed by atoms with Crippen LogP contribution in [0.15, 0.2) is 30.4 Å². The molecular weight excluding hydrogens is 182 g/mol. The van der Waals surface area contributed by atoms with Crippen molar-refractivity contribution in [3.05, 3.63) is 46.4 Å². The Morgan fingerprint density at radius 1 is 1.40 bits per heavy atom. The molecule has 0 bridgehead atoms. The molecule has 2 rings (SSSR count). The van der Waals surface area contributed by atoms with Crippen molar-refractivity contribution in [1.82, 2.24) is 5.32 Å². The second-order valence-electron chi connectivity index (χ2n) is 4.14. The predicted octanol–water partition coefficient (Wildman–Crippen LogP) is 1.31. The lowest BCUT2D eigenvalue weighted by molar-refractivity contribution is 0.735. The largest absolute Gasteiger partial charge is 0.390 e. The molecule has 15 heavy (non-hydrogen) atoms. The average Bonchev–Trinajstić information content (AvgIpc) is 2.99. The summed E-state index contributed by atoms with van der Waals surface area (Å²) in [4.78, 5) is 0. The summed E-state index contributed by atoms with van der Waals surface area (Å²) in [6, 6.07) is 6.33. The summed E-state index contributed by atoms with van der Waals surface area (Å²) in [5.74, 6) is 0.753. The normalized spacial score (nSPS) is 15.7. The van der Waals surface area contributed by atoms with E-state index in [-0.39, 0.29) is 0 Å². The van der Waals surface area contributed by atoms with E-state index in [0.717, 1.165) is 17.7 Å². The van der Waals surface area contributed by atoms with Gasteiger partial charge in [0.25, 0.3) is 0 Å². The molecule has 0 saturated carbocycles. The quantitative estimate of drug-likeness (QED) is 0.569. The molecule has 1 aromatic carbocycles. The fourth-order valence-corrected chi connectivity index (χ4v) is 1.58. The van der Waals surface area contributed by atoms with E-state index >= 15 is 0 Å². The molecule has 0 heterocycles. The first-order chi connectivity index (χ1) is 7.25. The highest BCUT2D eigenvalue weighted by Crippen LogP contribution is 2.18. The monoisotopic (exact) mass is 199 g/mol. The third-order valence-electron chi connectivity index (χ3n) is 2.64. The SMILES string of the molecule is C=c1cc(C)cc/c1=C/NCCC1C=C1. The van der Waals surface area contributed by atoms with Crippen LogP contribution in [0.5, 0.6) is 0 Å². The summed E-state index contributed by atoms with van der Waals surface area (Å²) in [5, 5.41) is 5.60. The molecule has 0 radical (unpaired) electrons. The van der Waals surface area contributed by atoms with Crippen molar-refractivity contribution in [2.24, 2.45) is 5.92 Å². The number of aryl methyl sites for hydroxylation is 1. The van der Waals surface area contributed by atoms with E-state index in [1.54, 1.807) is 0 Å². The van der Waals surface area contributed by atoms with Gasteiger partial charge in [-0.1, -0.05) is 42.5 Å². The van der Waals surface area contributed by atoms with Gasteiger partial charge in [0.2, 0.25) is 0 Å². The molecule has 0 amide bonds. The lowest BCUT2D eigenvalue weighted by Crippen LogP contribution is -2.26. The Balaban J connectivity index is 1.94. The summed E-state index contributed by atoms with van der Waals surface area (Å²) in [5.41, 5.74) is 1.26. The number of hydrogen-bond donors (Lipinski definition) is 1. The zero-order valence-corrected chi connectivity index (χ0v) is 9.16. The molecule has 0 spiro atoms. The molecule has 0 unspecified atom stereocenters. The number of rotatable bonds is 4. The van der Waals surface area contributed by atoms with Crippen LogP contribution in [-0.4, -0.2) is 6.54 Å². The molecule has 0 aromatic heterocycles. The van der Waals surface area contributed by atoms with E-state index in [1.165, 1.54) is 17.2 Å². The maximum atomic E-state index is 4.02. The van der Waals surface area contributed by atoms with Crippen molar-refractivity contribution < 1.29 is 0 Å². The Morgan fingerprint density at radius 3 is 2.87 bits per heavy atom. The Hall–Kier alpha value is -1.50. The maximum Gasteiger partial charge on any atom is 0.0150 e. The van der Waals surface area contributed by atoms with Gasteiger partial charge < -0.3 is 5.32 Å². The van der Waals surface area contributed by atoms with Crippen molar-refractivity contribution >= 4 is 12.8 Å². The summed E-state index contributed by atoms with van der Waals surface area (Å²) in [7, 11) is 0. The third-order valence-corrected chi connectivity index (χ3v) is 2.64. The van der Waals surface area contributed by atoms with Crippen LogP contribution in [0.1, 0.15) is 12.0 Å². The van der Waals surface area contributed by atoms with Crippen LogP contribution in [0.2, 0.25) is 0 Å². The van der Waals surface area contributed by atoms with E-state index in [4.69, 9.17) is 0 Å². The van der Waals surface area contributed by atoms with Crippen molar-refractivity contribution in [1.29, 1.82) is 0 Å². The molecule has 0 aliphatic heterocycles. The Morgan fingerprint density at radius 2 is 2.20 bits per heavy atom. The molecule has 1 N–H and O–H groups in total. The minimum atomic E-state index is 0.753. The minimum Gasteiger partial charge on any atom is -0.390 e. The lowest BCUT2D eigenvalue weighted by Gasteiger charge is -1.99. The molecule has 1 aromatic rings. The number of nitrogens with one attached hydrogen (secondary N) is 1. The number of benzene rings is 1. The second-order valence-corrected chi connectivity index (χ2v) is 4.14. The lowest BCUT2D eigenvalue weighted by atomic mass is 10.2. The first-order valence-electron chi connectivity index (χ1n) is 5.43. The van der Waals surface area contributed by atoms with Gasteiger partial charge in [-0.3, -0.25) is 0 Å². The molecule has 1 aliphatic rings. The van der Waals surface area contributed by atoms with Gasteiger partial charge in [0, 0.05) is 12.7 Å². The fourth-order valence-electron chi connectivity index (χ4n) is 1.58. The van der Waals surface area contributed by atoms with Crippen molar-refractivity contribution in [3.8, 4) is 0 Å².